The Kier molecular flexibility index (Phi) is 4.99. The minimum absolute atomic E-state index is 0.297. The molecule has 1 N–H and O–H groups in total. The van der Waals surface area contributed by atoms with Crippen LogP contribution in [-0.2, 0) is 4.79 Å². The van der Waals surface area contributed by atoms with Crippen LogP contribution in [0.15, 0.2) is 71.2 Å². The highest BCUT2D eigenvalue weighted by molar-refractivity contribution is 6.05. The molecule has 5 heteroatoms. The first kappa shape index (κ1) is 17.2. The molecule has 1 aromatic heterocycles. The number of aryl methyl sites for hydroxylation is 1. The van der Waals surface area contributed by atoms with Gasteiger partial charge in [-0.15, -0.1) is 0 Å². The molecule has 1 amide bonds. The summed E-state index contributed by atoms with van der Waals surface area (Å²) in [4.78, 5) is 23.1. The zero-order chi connectivity index (χ0) is 18.5. The van der Waals surface area contributed by atoms with Crippen LogP contribution in [0.5, 0.6) is 0 Å². The van der Waals surface area contributed by atoms with E-state index < -0.39 is 5.97 Å². The van der Waals surface area contributed by atoms with Crippen molar-refractivity contribution in [1.82, 2.24) is 0 Å². The van der Waals surface area contributed by atoms with Crippen molar-refractivity contribution in [2.45, 2.75) is 6.92 Å². The van der Waals surface area contributed by atoms with Crippen LogP contribution in [0.3, 0.4) is 0 Å². The van der Waals surface area contributed by atoms with Gasteiger partial charge in [0.1, 0.15) is 11.5 Å². The first-order chi connectivity index (χ1) is 12.5. The first-order valence-electron chi connectivity index (χ1n) is 7.99. The molecule has 3 rings (SSSR count). The topological polar surface area (TPSA) is 82.4 Å². The predicted molar refractivity (Wildman–Crippen MR) is 97.3 cm³/mol. The number of benzene rings is 2. The van der Waals surface area contributed by atoms with Gasteiger partial charge in [-0.25, -0.2) is 0 Å². The third kappa shape index (κ3) is 4.08. The van der Waals surface area contributed by atoms with Crippen molar-refractivity contribution >= 4 is 23.6 Å². The number of carbonyl (C=O) groups is 2. The van der Waals surface area contributed by atoms with Gasteiger partial charge in [0.25, 0.3) is 5.91 Å². The number of amides is 1. The summed E-state index contributed by atoms with van der Waals surface area (Å²) in [6.45, 7) is 1.74. The van der Waals surface area contributed by atoms with E-state index in [4.69, 9.17) is 4.42 Å². The Labute approximate surface area is 150 Å². The molecule has 2 aromatic carbocycles. The molecule has 0 aliphatic carbocycles. The highest BCUT2D eigenvalue weighted by Gasteiger charge is 2.16. The Bertz CT molecular complexity index is 971. The number of hydrogen-bond acceptors (Lipinski definition) is 4. The third-order valence-corrected chi connectivity index (χ3v) is 3.78. The van der Waals surface area contributed by atoms with E-state index in [-0.39, 0.29) is 5.91 Å². The molecule has 0 aliphatic heterocycles. The van der Waals surface area contributed by atoms with Crippen LogP contribution in [0.4, 0.5) is 5.69 Å². The Morgan fingerprint density at radius 3 is 2.54 bits per heavy atom. The van der Waals surface area contributed by atoms with Gasteiger partial charge in [0.05, 0.1) is 11.5 Å². The Balaban J connectivity index is 1.80. The van der Waals surface area contributed by atoms with Gasteiger partial charge in [0, 0.05) is 11.3 Å². The van der Waals surface area contributed by atoms with E-state index in [2.05, 4.69) is 5.32 Å². The second-order valence-electron chi connectivity index (χ2n) is 5.68. The fourth-order valence-corrected chi connectivity index (χ4v) is 2.53. The molecule has 0 saturated carbocycles. The number of carboxylic acids is 1. The van der Waals surface area contributed by atoms with E-state index in [0.717, 1.165) is 11.6 Å². The molecule has 1 heterocycles. The highest BCUT2D eigenvalue weighted by Crippen LogP contribution is 2.26. The molecule has 0 fully saturated rings. The number of nitrogens with one attached hydrogen (secondary N) is 1. The molecule has 0 radical (unpaired) electrons. The van der Waals surface area contributed by atoms with Gasteiger partial charge in [-0.2, -0.15) is 0 Å². The summed E-state index contributed by atoms with van der Waals surface area (Å²) in [5.41, 5.74) is 2.53. The maximum Gasteiger partial charge on any atom is 0.259 e. The molecule has 0 spiro atoms. The van der Waals surface area contributed by atoms with Crippen molar-refractivity contribution in [2.75, 3.05) is 5.32 Å². The zero-order valence-electron chi connectivity index (χ0n) is 14.1. The van der Waals surface area contributed by atoms with Crippen LogP contribution < -0.4 is 10.4 Å². The molecular weight excluding hydrogens is 330 g/mol. The largest absolute Gasteiger partial charge is 0.545 e. The highest BCUT2D eigenvalue weighted by atomic mass is 16.4. The molecule has 0 saturated heterocycles. The number of carbonyl (C=O) groups excluding carboxylic acids is 2. The van der Waals surface area contributed by atoms with E-state index in [0.29, 0.717) is 28.3 Å². The second kappa shape index (κ2) is 7.53. The summed E-state index contributed by atoms with van der Waals surface area (Å²) in [6, 6.07) is 18.1. The number of anilines is 1. The molecule has 26 heavy (non-hydrogen) atoms. The number of hydrogen-bond donors (Lipinski definition) is 1. The van der Waals surface area contributed by atoms with E-state index in [1.54, 1.807) is 37.3 Å². The van der Waals surface area contributed by atoms with Crippen LogP contribution >= 0.6 is 0 Å². The van der Waals surface area contributed by atoms with Gasteiger partial charge in [-0.3, -0.25) is 4.79 Å². The minimum Gasteiger partial charge on any atom is -0.545 e. The monoisotopic (exact) mass is 346 g/mol. The summed E-state index contributed by atoms with van der Waals surface area (Å²) >= 11 is 0. The van der Waals surface area contributed by atoms with Crippen molar-refractivity contribution in [3.8, 4) is 11.3 Å². The molecule has 0 bridgehead atoms. The van der Waals surface area contributed by atoms with Gasteiger partial charge in [-0.05, 0) is 36.8 Å². The lowest BCUT2D eigenvalue weighted by Gasteiger charge is -2.05. The molecule has 5 nitrogen and oxygen atoms in total. The maximum atomic E-state index is 12.6. The lowest BCUT2D eigenvalue weighted by Crippen LogP contribution is -2.18. The summed E-state index contributed by atoms with van der Waals surface area (Å²) < 4.78 is 5.70. The first-order valence-corrected chi connectivity index (χ1v) is 7.99. The lowest BCUT2D eigenvalue weighted by molar-refractivity contribution is -0.297. The molecule has 0 aliphatic rings. The average Bonchev–Trinajstić information content (AvgIpc) is 3.03. The van der Waals surface area contributed by atoms with E-state index in [9.17, 15) is 14.7 Å². The number of rotatable bonds is 5. The summed E-state index contributed by atoms with van der Waals surface area (Å²) in [7, 11) is 0. The van der Waals surface area contributed by atoms with Crippen molar-refractivity contribution in [3.63, 3.8) is 0 Å². The van der Waals surface area contributed by atoms with Crippen molar-refractivity contribution in [2.24, 2.45) is 0 Å². The quantitative estimate of drug-likeness (QED) is 0.719. The van der Waals surface area contributed by atoms with E-state index >= 15 is 0 Å². The molecule has 0 unspecified atom stereocenters. The van der Waals surface area contributed by atoms with Gasteiger partial charge < -0.3 is 19.6 Å². The Hall–Kier alpha value is -3.60. The fourth-order valence-electron chi connectivity index (χ4n) is 2.53. The van der Waals surface area contributed by atoms with Gasteiger partial charge in [0.2, 0.25) is 0 Å². The molecule has 130 valence electrons. The van der Waals surface area contributed by atoms with Crippen LogP contribution in [0.25, 0.3) is 17.4 Å². The van der Waals surface area contributed by atoms with Crippen LogP contribution in [0, 0.1) is 6.92 Å². The van der Waals surface area contributed by atoms with Crippen LogP contribution in [0.2, 0.25) is 0 Å². The Morgan fingerprint density at radius 1 is 1.04 bits per heavy atom. The standard InChI is InChI=1S/C21H17NO4/c1-14-18(13-19(26-14)16-7-3-2-4-8-16)21(25)22-17-9-5-6-15(12-17)10-11-20(23)24/h2-13H,1H3,(H,22,25)(H,23,24)/p-1. The number of carboxylic acid groups (broad SMARTS) is 1. The number of furan rings is 1. The van der Waals surface area contributed by atoms with Gasteiger partial charge in [-0.1, -0.05) is 48.5 Å². The average molecular weight is 346 g/mol. The molecular formula is C21H16NO4-. The lowest BCUT2D eigenvalue weighted by atomic mass is 10.1. The van der Waals surface area contributed by atoms with Crippen molar-refractivity contribution in [1.29, 1.82) is 0 Å². The van der Waals surface area contributed by atoms with Crippen LogP contribution in [-0.4, -0.2) is 11.9 Å². The van der Waals surface area contributed by atoms with Gasteiger partial charge >= 0.3 is 0 Å². The predicted octanol–water partition coefficient (Wildman–Crippen LogP) is 3.27. The van der Waals surface area contributed by atoms with Crippen molar-refractivity contribution in [3.05, 3.63) is 83.6 Å². The smallest absolute Gasteiger partial charge is 0.259 e. The third-order valence-electron chi connectivity index (χ3n) is 3.78. The minimum atomic E-state index is -1.28. The molecule has 3 aromatic rings. The van der Waals surface area contributed by atoms with E-state index in [1.165, 1.54) is 6.08 Å². The Morgan fingerprint density at radius 2 is 1.81 bits per heavy atom. The van der Waals surface area contributed by atoms with Gasteiger partial charge in [0.15, 0.2) is 0 Å². The summed E-state index contributed by atoms with van der Waals surface area (Å²) in [5.74, 6) is -0.426. The normalized spacial score (nSPS) is 10.8. The summed E-state index contributed by atoms with van der Waals surface area (Å²) in [6.07, 6.45) is 2.34. The summed E-state index contributed by atoms with van der Waals surface area (Å²) in [5, 5.41) is 13.3. The maximum absolute atomic E-state index is 12.6. The fraction of sp³-hybridized carbons (Fsp3) is 0.0476. The van der Waals surface area contributed by atoms with E-state index in [1.807, 2.05) is 30.3 Å². The second-order valence-corrected chi connectivity index (χ2v) is 5.68. The van der Waals surface area contributed by atoms with Crippen molar-refractivity contribution < 1.29 is 19.1 Å². The zero-order valence-corrected chi connectivity index (χ0v) is 14.1. The SMILES string of the molecule is Cc1oc(-c2ccccc2)cc1C(=O)Nc1cccc(C=CC(=O)[O-])c1. The molecule has 0 atom stereocenters. The van der Waals surface area contributed by atoms with Crippen LogP contribution in [0.1, 0.15) is 21.7 Å². The number of aliphatic carboxylic acids is 1.